The first-order valence-corrected chi connectivity index (χ1v) is 12.0. The first-order valence-electron chi connectivity index (χ1n) is 11.1. The number of aliphatic carboxylic acids is 1. The Bertz CT molecular complexity index is 1030. The third kappa shape index (κ3) is 5.55. The summed E-state index contributed by atoms with van der Waals surface area (Å²) >= 11 is 1.45. The average molecular weight is 486 g/mol. The highest BCUT2D eigenvalue weighted by atomic mass is 32.2. The topological polar surface area (TPSA) is 93.1 Å². The van der Waals surface area contributed by atoms with Crippen LogP contribution in [0.15, 0.2) is 59.5 Å². The van der Waals surface area contributed by atoms with Crippen molar-refractivity contribution in [2.75, 3.05) is 13.7 Å². The number of carboxylic acid groups (broad SMARTS) is 1. The molecular weight excluding hydrogens is 454 g/mol. The molecule has 1 aliphatic rings. The molecule has 34 heavy (non-hydrogen) atoms. The number of ether oxygens (including phenoxy) is 2. The van der Waals surface area contributed by atoms with Crippen LogP contribution in [0.1, 0.15) is 44.5 Å². The molecule has 0 bridgehead atoms. The van der Waals surface area contributed by atoms with E-state index >= 15 is 0 Å². The van der Waals surface area contributed by atoms with E-state index in [0.717, 1.165) is 4.90 Å². The molecule has 1 aliphatic heterocycles. The molecule has 0 aromatic heterocycles. The van der Waals surface area contributed by atoms with Gasteiger partial charge in [0.05, 0.1) is 13.5 Å². The molecular formula is C26H31NO6S. The number of methoxy groups -OCH3 is 1. The van der Waals surface area contributed by atoms with Gasteiger partial charge < -0.3 is 19.5 Å². The maximum atomic E-state index is 13.4. The van der Waals surface area contributed by atoms with Crippen molar-refractivity contribution in [1.82, 2.24) is 4.90 Å². The van der Waals surface area contributed by atoms with Gasteiger partial charge in [0.15, 0.2) is 0 Å². The summed E-state index contributed by atoms with van der Waals surface area (Å²) in [5, 5.41) is 10.00. The van der Waals surface area contributed by atoms with Crippen LogP contribution in [-0.2, 0) is 14.3 Å². The number of benzene rings is 2. The first-order chi connectivity index (χ1) is 16.0. The number of carboxylic acids is 1. The van der Waals surface area contributed by atoms with Crippen LogP contribution in [0.4, 0.5) is 0 Å². The summed E-state index contributed by atoms with van der Waals surface area (Å²) in [4.78, 5) is 41.2. The van der Waals surface area contributed by atoms with Gasteiger partial charge >= 0.3 is 11.9 Å². The minimum atomic E-state index is -1.59. The molecule has 1 N–H and O–H groups in total. The lowest BCUT2D eigenvalue weighted by Crippen LogP contribution is -2.55. The molecule has 1 saturated heterocycles. The van der Waals surface area contributed by atoms with Crippen molar-refractivity contribution in [2.24, 2.45) is 5.92 Å². The van der Waals surface area contributed by atoms with Gasteiger partial charge in [-0.05, 0) is 64.1 Å². The van der Waals surface area contributed by atoms with Crippen molar-refractivity contribution in [1.29, 1.82) is 0 Å². The lowest BCUT2D eigenvalue weighted by molar-refractivity contribution is -0.158. The van der Waals surface area contributed by atoms with Gasteiger partial charge in [-0.15, -0.1) is 11.8 Å². The number of amides is 1. The summed E-state index contributed by atoms with van der Waals surface area (Å²) in [5.41, 5.74) is -1.89. The Kier molecular flexibility index (Phi) is 7.60. The highest BCUT2D eigenvalue weighted by Crippen LogP contribution is 2.46. The summed E-state index contributed by atoms with van der Waals surface area (Å²) < 4.78 is 10.7. The van der Waals surface area contributed by atoms with E-state index < -0.39 is 29.0 Å². The van der Waals surface area contributed by atoms with Gasteiger partial charge in [0.2, 0.25) is 0 Å². The summed E-state index contributed by atoms with van der Waals surface area (Å²) in [6.07, 6.45) is -0.119. The molecule has 1 fully saturated rings. The number of hydrogen-bond acceptors (Lipinski definition) is 6. The molecule has 182 valence electrons. The normalized spacial score (nSPS) is 22.3. The zero-order valence-electron chi connectivity index (χ0n) is 20.1. The van der Waals surface area contributed by atoms with E-state index in [0.29, 0.717) is 11.3 Å². The lowest BCUT2D eigenvalue weighted by Gasteiger charge is -2.35. The quantitative estimate of drug-likeness (QED) is 0.577. The molecule has 0 radical (unpaired) electrons. The number of carbonyl (C=O) groups excluding carboxylic acids is 2. The molecule has 7 nitrogen and oxygen atoms in total. The monoisotopic (exact) mass is 485 g/mol. The molecule has 8 heteroatoms. The van der Waals surface area contributed by atoms with Crippen molar-refractivity contribution in [3.63, 3.8) is 0 Å². The SMILES string of the molecule is COc1ccc(S[C@H]2CN(C(=O)c3ccccc3)[C@](C)(C(=O)O)[C@H]2CC(=O)OC(C)(C)C)cc1. The minimum absolute atomic E-state index is 0.119. The molecule has 2 aromatic carbocycles. The van der Waals surface area contributed by atoms with Gasteiger partial charge in [-0.1, -0.05) is 18.2 Å². The van der Waals surface area contributed by atoms with E-state index in [1.165, 1.54) is 23.6 Å². The second kappa shape index (κ2) is 10.1. The molecule has 0 unspecified atom stereocenters. The number of esters is 1. The number of thioether (sulfide) groups is 1. The smallest absolute Gasteiger partial charge is 0.329 e. The second-order valence-electron chi connectivity index (χ2n) is 9.46. The predicted octanol–water partition coefficient (Wildman–Crippen LogP) is 4.50. The fourth-order valence-corrected chi connectivity index (χ4v) is 5.60. The zero-order valence-corrected chi connectivity index (χ0v) is 20.9. The number of nitrogens with zero attached hydrogens (tertiary/aromatic N) is 1. The minimum Gasteiger partial charge on any atom is -0.497 e. The van der Waals surface area contributed by atoms with Crippen LogP contribution in [-0.4, -0.2) is 57.9 Å². The standard InChI is InChI=1S/C26H31NO6S/c1-25(2,3)33-22(28)15-20-21(34-19-13-11-18(32-5)12-14-19)16-27(26(20,4)24(30)31)23(29)17-9-7-6-8-10-17/h6-14,20-21H,15-16H2,1-5H3,(H,30,31)/t20-,21-,26-/m0/s1. The van der Waals surface area contributed by atoms with Crippen molar-refractivity contribution in [2.45, 2.75) is 55.4 Å². The van der Waals surface area contributed by atoms with E-state index in [1.807, 2.05) is 24.3 Å². The molecule has 3 rings (SSSR count). The number of carbonyl (C=O) groups is 3. The third-order valence-corrected chi connectivity index (χ3v) is 7.27. The average Bonchev–Trinajstić information content (AvgIpc) is 3.05. The Morgan fingerprint density at radius 2 is 1.71 bits per heavy atom. The van der Waals surface area contributed by atoms with E-state index in [9.17, 15) is 19.5 Å². The highest BCUT2D eigenvalue weighted by Gasteiger charge is 2.58. The Hall–Kier alpha value is -3.00. The Balaban J connectivity index is 1.98. The largest absolute Gasteiger partial charge is 0.497 e. The van der Waals surface area contributed by atoms with Crippen LogP contribution in [0.25, 0.3) is 0 Å². The van der Waals surface area contributed by atoms with E-state index in [1.54, 1.807) is 58.2 Å². The van der Waals surface area contributed by atoms with Crippen LogP contribution >= 0.6 is 11.8 Å². The Morgan fingerprint density at radius 1 is 1.09 bits per heavy atom. The molecule has 2 aromatic rings. The summed E-state index contributed by atoms with van der Waals surface area (Å²) in [7, 11) is 1.58. The van der Waals surface area contributed by atoms with Gasteiger partial charge in [0.25, 0.3) is 5.91 Å². The van der Waals surface area contributed by atoms with E-state index in [2.05, 4.69) is 0 Å². The van der Waals surface area contributed by atoms with Crippen LogP contribution in [0.3, 0.4) is 0 Å². The van der Waals surface area contributed by atoms with Gasteiger partial charge in [0.1, 0.15) is 16.9 Å². The maximum absolute atomic E-state index is 13.4. The fourth-order valence-electron chi connectivity index (χ4n) is 4.20. The third-order valence-electron chi connectivity index (χ3n) is 5.95. The molecule has 3 atom stereocenters. The summed E-state index contributed by atoms with van der Waals surface area (Å²) in [5.74, 6) is -1.98. The van der Waals surface area contributed by atoms with Gasteiger partial charge in [-0.3, -0.25) is 9.59 Å². The summed E-state index contributed by atoms with van der Waals surface area (Å²) in [6.45, 7) is 7.01. The zero-order chi connectivity index (χ0) is 25.1. The van der Waals surface area contributed by atoms with Gasteiger partial charge in [0, 0.05) is 28.2 Å². The predicted molar refractivity (Wildman–Crippen MR) is 130 cm³/mol. The van der Waals surface area contributed by atoms with Crippen molar-refractivity contribution in [3.8, 4) is 5.75 Å². The number of likely N-dealkylation sites (tertiary alicyclic amines) is 1. The second-order valence-corrected chi connectivity index (χ2v) is 10.8. The van der Waals surface area contributed by atoms with Crippen LogP contribution in [0, 0.1) is 5.92 Å². The molecule has 1 amide bonds. The highest BCUT2D eigenvalue weighted by molar-refractivity contribution is 8.00. The Morgan fingerprint density at radius 3 is 2.24 bits per heavy atom. The van der Waals surface area contributed by atoms with E-state index in [4.69, 9.17) is 9.47 Å². The van der Waals surface area contributed by atoms with Crippen molar-refractivity contribution >= 4 is 29.6 Å². The number of hydrogen-bond donors (Lipinski definition) is 1. The first kappa shape index (κ1) is 25.6. The molecule has 0 aliphatic carbocycles. The maximum Gasteiger partial charge on any atom is 0.329 e. The fraction of sp³-hybridized carbons (Fsp3) is 0.423. The van der Waals surface area contributed by atoms with Crippen LogP contribution < -0.4 is 4.74 Å². The van der Waals surface area contributed by atoms with Crippen LogP contribution in [0.5, 0.6) is 5.75 Å². The van der Waals surface area contributed by atoms with Gasteiger partial charge in [-0.2, -0.15) is 0 Å². The van der Waals surface area contributed by atoms with Crippen molar-refractivity contribution in [3.05, 3.63) is 60.2 Å². The van der Waals surface area contributed by atoms with Crippen LogP contribution in [0.2, 0.25) is 0 Å². The summed E-state index contributed by atoms with van der Waals surface area (Å²) in [6, 6.07) is 16.0. The van der Waals surface area contributed by atoms with E-state index in [-0.39, 0.29) is 24.1 Å². The lowest BCUT2D eigenvalue weighted by atomic mass is 9.83. The number of rotatable bonds is 7. The molecule has 0 saturated carbocycles. The van der Waals surface area contributed by atoms with Gasteiger partial charge in [-0.25, -0.2) is 4.79 Å². The Labute approximate surface area is 204 Å². The molecule has 0 spiro atoms. The van der Waals surface area contributed by atoms with Crippen molar-refractivity contribution < 1.29 is 29.0 Å². The molecule has 1 heterocycles.